The molecule has 5 nitrogen and oxygen atoms in total. The van der Waals surface area contributed by atoms with Gasteiger partial charge in [-0.1, -0.05) is 0 Å². The van der Waals surface area contributed by atoms with Gasteiger partial charge in [0, 0.05) is 23.9 Å². The summed E-state index contributed by atoms with van der Waals surface area (Å²) < 4.78 is 47.4. The van der Waals surface area contributed by atoms with E-state index in [9.17, 15) is 23.1 Å². The van der Waals surface area contributed by atoms with Crippen LogP contribution in [0.1, 0.15) is 24.3 Å². The number of aromatic amines is 1. The van der Waals surface area contributed by atoms with Gasteiger partial charge in [0.2, 0.25) is 5.91 Å². The number of morpholine rings is 1. The second kappa shape index (κ2) is 8.26. The molecule has 1 atom stereocenters. The number of carbonyl (C=O) groups excluding carboxylic acids is 1. The van der Waals surface area contributed by atoms with Crippen LogP contribution in [0.3, 0.4) is 0 Å². The molecule has 3 aromatic rings. The first-order chi connectivity index (χ1) is 15.5. The Bertz CT molecular complexity index is 1160. The summed E-state index contributed by atoms with van der Waals surface area (Å²) in [6.45, 7) is 1.04. The number of nitrogens with one attached hydrogen (secondary N) is 1. The summed E-state index contributed by atoms with van der Waals surface area (Å²) in [5.41, 5.74) is 2.22. The van der Waals surface area contributed by atoms with Crippen molar-refractivity contribution in [3.05, 3.63) is 59.4 Å². The number of fused-ring (bicyclic) bond motifs is 1. The molecule has 2 aliphatic rings. The summed E-state index contributed by atoms with van der Waals surface area (Å²) in [7, 11) is 0. The zero-order valence-electron chi connectivity index (χ0n) is 17.3. The molecule has 0 unspecified atom stereocenters. The Hall–Kier alpha value is -2.84. The van der Waals surface area contributed by atoms with Crippen LogP contribution in [0.2, 0.25) is 0 Å². The van der Waals surface area contributed by atoms with E-state index in [1.807, 2.05) is 0 Å². The Morgan fingerprint density at radius 3 is 2.59 bits per heavy atom. The Kier molecular flexibility index (Phi) is 5.43. The number of aliphatic hydroxyl groups is 1. The molecule has 2 fully saturated rings. The lowest BCUT2D eigenvalue weighted by Gasteiger charge is -2.42. The fraction of sp³-hybridized carbons (Fsp3) is 0.375. The van der Waals surface area contributed by atoms with Crippen molar-refractivity contribution in [1.82, 2.24) is 9.88 Å². The number of H-pyrrole nitrogens is 1. The van der Waals surface area contributed by atoms with Crippen molar-refractivity contribution >= 4 is 16.8 Å². The van der Waals surface area contributed by atoms with E-state index < -0.39 is 11.6 Å². The predicted molar refractivity (Wildman–Crippen MR) is 112 cm³/mol. The van der Waals surface area contributed by atoms with Crippen molar-refractivity contribution in [3.8, 4) is 11.3 Å². The maximum atomic E-state index is 14.5. The number of halogens is 3. The molecule has 0 bridgehead atoms. The highest BCUT2D eigenvalue weighted by molar-refractivity contribution is 5.92. The zero-order valence-corrected chi connectivity index (χ0v) is 17.3. The van der Waals surface area contributed by atoms with E-state index in [0.29, 0.717) is 49.2 Å². The summed E-state index contributed by atoms with van der Waals surface area (Å²) >= 11 is 0. The van der Waals surface area contributed by atoms with Crippen LogP contribution in [0.4, 0.5) is 13.2 Å². The van der Waals surface area contributed by atoms with Gasteiger partial charge < -0.3 is 19.7 Å². The molecule has 2 heterocycles. The minimum absolute atomic E-state index is 0.0239. The van der Waals surface area contributed by atoms with Gasteiger partial charge in [-0.2, -0.15) is 0 Å². The van der Waals surface area contributed by atoms with Crippen LogP contribution in [0.15, 0.2) is 36.4 Å². The van der Waals surface area contributed by atoms with Crippen molar-refractivity contribution in [1.29, 1.82) is 0 Å². The maximum Gasteiger partial charge on any atom is 0.226 e. The van der Waals surface area contributed by atoms with E-state index in [1.165, 1.54) is 18.2 Å². The van der Waals surface area contributed by atoms with Gasteiger partial charge in [0.25, 0.3) is 0 Å². The molecule has 2 aromatic carbocycles. The zero-order chi connectivity index (χ0) is 22.4. The normalized spacial score (nSPS) is 23.4. The first-order valence-corrected chi connectivity index (χ1v) is 10.7. The van der Waals surface area contributed by atoms with E-state index in [4.69, 9.17) is 4.74 Å². The van der Waals surface area contributed by atoms with E-state index in [2.05, 4.69) is 4.98 Å². The number of nitrogens with zero attached hydrogens (tertiary/aromatic N) is 1. The average Bonchev–Trinajstić information content (AvgIpc) is 3.12. The summed E-state index contributed by atoms with van der Waals surface area (Å²) in [6, 6.07) is 7.62. The van der Waals surface area contributed by atoms with Gasteiger partial charge in [-0.3, -0.25) is 4.79 Å². The Morgan fingerprint density at radius 1 is 1.12 bits per heavy atom. The molecule has 2 N–H and O–H groups in total. The molecule has 8 heteroatoms. The van der Waals surface area contributed by atoms with E-state index in [1.54, 1.807) is 17.0 Å². The van der Waals surface area contributed by atoms with Crippen LogP contribution in [-0.2, 0) is 9.53 Å². The quantitative estimate of drug-likeness (QED) is 0.640. The number of ether oxygens (including phenoxy) is 1. The number of hydrogen-bond donors (Lipinski definition) is 2. The van der Waals surface area contributed by atoms with Gasteiger partial charge in [-0.15, -0.1) is 0 Å². The van der Waals surface area contributed by atoms with Crippen molar-refractivity contribution in [3.63, 3.8) is 0 Å². The second-order valence-electron chi connectivity index (χ2n) is 8.54. The number of amides is 1. The number of benzene rings is 2. The summed E-state index contributed by atoms with van der Waals surface area (Å²) in [4.78, 5) is 17.8. The molecule has 1 aliphatic heterocycles. The summed E-state index contributed by atoms with van der Waals surface area (Å²) in [5.74, 6) is -2.08. The molecule has 0 radical (unpaired) electrons. The van der Waals surface area contributed by atoms with Gasteiger partial charge in [0.15, 0.2) is 0 Å². The second-order valence-corrected chi connectivity index (χ2v) is 8.54. The largest absolute Gasteiger partial charge is 0.394 e. The third kappa shape index (κ3) is 3.57. The third-order valence-electron chi connectivity index (χ3n) is 6.61. The predicted octanol–water partition coefficient (Wildman–Crippen LogP) is 3.97. The first kappa shape index (κ1) is 21.0. The van der Waals surface area contributed by atoms with E-state index >= 15 is 0 Å². The maximum absolute atomic E-state index is 14.5. The fourth-order valence-corrected chi connectivity index (χ4v) is 4.89. The van der Waals surface area contributed by atoms with E-state index in [-0.39, 0.29) is 41.7 Å². The highest BCUT2D eigenvalue weighted by atomic mass is 19.1. The van der Waals surface area contributed by atoms with Crippen LogP contribution in [0.5, 0.6) is 0 Å². The summed E-state index contributed by atoms with van der Waals surface area (Å²) in [5, 5.41) is 10.0. The third-order valence-corrected chi connectivity index (χ3v) is 6.61. The first-order valence-electron chi connectivity index (χ1n) is 10.7. The van der Waals surface area contributed by atoms with Gasteiger partial charge in [-0.05, 0) is 60.2 Å². The van der Waals surface area contributed by atoms with Gasteiger partial charge in [0.1, 0.15) is 17.5 Å². The van der Waals surface area contributed by atoms with Gasteiger partial charge in [0.05, 0.1) is 37.1 Å². The lowest BCUT2D eigenvalue weighted by molar-refractivity contribution is -0.149. The Labute approximate surface area is 182 Å². The molecule has 1 aliphatic carbocycles. The molecule has 1 saturated carbocycles. The molecule has 168 valence electrons. The molecule has 5 rings (SSSR count). The highest BCUT2D eigenvalue weighted by Gasteiger charge is 2.42. The molecule has 1 aromatic heterocycles. The monoisotopic (exact) mass is 444 g/mol. The van der Waals surface area contributed by atoms with Crippen LogP contribution in [0.25, 0.3) is 22.2 Å². The molecule has 32 heavy (non-hydrogen) atoms. The number of aliphatic hydroxyl groups excluding tert-OH is 1. The SMILES string of the molecule is O=C([C@H]1C[C@H](c2c(-c3ccc(F)cc3)[nH]c3c(F)cc(F)cc32)C1)N1CCOC[C@@H]1CO. The van der Waals surface area contributed by atoms with Crippen molar-refractivity contribution in [2.45, 2.75) is 24.8 Å². The Balaban J connectivity index is 1.47. The van der Waals surface area contributed by atoms with E-state index in [0.717, 1.165) is 11.6 Å². The van der Waals surface area contributed by atoms with Crippen LogP contribution < -0.4 is 0 Å². The van der Waals surface area contributed by atoms with Crippen molar-refractivity contribution < 1.29 is 27.8 Å². The average molecular weight is 444 g/mol. The molecule has 0 spiro atoms. The molecular weight excluding hydrogens is 421 g/mol. The van der Waals surface area contributed by atoms with Crippen LogP contribution in [-0.4, -0.2) is 53.3 Å². The standard InChI is InChI=1S/C24H23F3N2O3/c25-16-3-1-13(2-4-16)22-21(19-9-17(26)10-20(27)23(19)28-22)14-7-15(8-14)24(31)29-5-6-32-12-18(29)11-30/h1-4,9-10,14-15,18,28,30H,5-8,11-12H2/t14-,15-,18-/m0/s1. The molecular formula is C24H23F3N2O3. The number of carbonyl (C=O) groups is 1. The minimum atomic E-state index is -0.694. The minimum Gasteiger partial charge on any atom is -0.394 e. The van der Waals surface area contributed by atoms with Crippen molar-refractivity contribution in [2.24, 2.45) is 5.92 Å². The molecule has 1 saturated heterocycles. The lowest BCUT2D eigenvalue weighted by atomic mass is 9.69. The van der Waals surface area contributed by atoms with Gasteiger partial charge >= 0.3 is 0 Å². The van der Waals surface area contributed by atoms with Gasteiger partial charge in [-0.25, -0.2) is 13.2 Å². The van der Waals surface area contributed by atoms with Crippen molar-refractivity contribution in [2.75, 3.05) is 26.4 Å². The lowest BCUT2D eigenvalue weighted by Crippen LogP contribution is -2.53. The number of rotatable bonds is 4. The van der Waals surface area contributed by atoms with Crippen LogP contribution >= 0.6 is 0 Å². The van der Waals surface area contributed by atoms with Crippen LogP contribution in [0, 0.1) is 23.4 Å². The number of hydrogen-bond acceptors (Lipinski definition) is 3. The fourth-order valence-electron chi connectivity index (χ4n) is 4.89. The number of aromatic nitrogens is 1. The molecule has 1 amide bonds. The Morgan fingerprint density at radius 2 is 1.88 bits per heavy atom. The highest BCUT2D eigenvalue weighted by Crippen LogP contribution is 2.49. The summed E-state index contributed by atoms with van der Waals surface area (Å²) in [6.07, 6.45) is 1.07. The smallest absolute Gasteiger partial charge is 0.226 e. The topological polar surface area (TPSA) is 65.6 Å².